The second-order valence-corrected chi connectivity index (χ2v) is 4.86. The van der Waals surface area contributed by atoms with Crippen LogP contribution in [0.3, 0.4) is 0 Å². The number of fused-ring (bicyclic) bond motifs is 1. The van der Waals surface area contributed by atoms with Crippen LogP contribution in [0.4, 0.5) is 5.95 Å². The van der Waals surface area contributed by atoms with Crippen LogP contribution in [-0.4, -0.2) is 31.4 Å². The molecule has 3 aromatic heterocycles. The first-order valence-corrected chi connectivity index (χ1v) is 6.80. The largest absolute Gasteiger partial charge is 0.481 e. The summed E-state index contributed by atoms with van der Waals surface area (Å²) in [6.07, 6.45) is 2.61. The van der Waals surface area contributed by atoms with Crippen molar-refractivity contribution >= 4 is 17.1 Å². The van der Waals surface area contributed by atoms with Crippen molar-refractivity contribution in [2.75, 3.05) is 12.8 Å². The highest BCUT2D eigenvalue weighted by Gasteiger charge is 2.17. The molecule has 0 atom stereocenters. The van der Waals surface area contributed by atoms with Gasteiger partial charge in [-0.15, -0.1) is 0 Å². The lowest BCUT2D eigenvalue weighted by Gasteiger charge is -2.07. The van der Waals surface area contributed by atoms with Gasteiger partial charge < -0.3 is 10.5 Å². The van der Waals surface area contributed by atoms with Crippen LogP contribution in [-0.2, 0) is 20.0 Å². The summed E-state index contributed by atoms with van der Waals surface area (Å²) in [5, 5.41) is 4.48. The van der Waals surface area contributed by atoms with E-state index in [1.54, 1.807) is 13.3 Å². The predicted octanol–water partition coefficient (Wildman–Crippen LogP) is 1.37. The number of rotatable bonds is 4. The number of hydrogen-bond donors (Lipinski definition) is 1. The molecule has 110 valence electrons. The summed E-state index contributed by atoms with van der Waals surface area (Å²) >= 11 is 0. The fourth-order valence-corrected chi connectivity index (χ4v) is 2.46. The minimum Gasteiger partial charge on any atom is -0.481 e. The summed E-state index contributed by atoms with van der Waals surface area (Å²) in [5.41, 5.74) is 9.86. The monoisotopic (exact) mass is 286 g/mol. The van der Waals surface area contributed by atoms with E-state index in [9.17, 15) is 0 Å². The second kappa shape index (κ2) is 5.08. The van der Waals surface area contributed by atoms with Crippen LogP contribution in [0, 0.1) is 0 Å². The fourth-order valence-electron chi connectivity index (χ4n) is 2.46. The van der Waals surface area contributed by atoms with Crippen molar-refractivity contribution in [3.05, 3.63) is 29.6 Å². The molecule has 0 aliphatic carbocycles. The molecule has 0 saturated carbocycles. The molecule has 0 unspecified atom stereocenters. The highest BCUT2D eigenvalue weighted by molar-refractivity contribution is 5.77. The van der Waals surface area contributed by atoms with Crippen molar-refractivity contribution in [3.8, 4) is 5.88 Å². The number of aryl methyl sites for hydroxylation is 2. The molecule has 0 aromatic carbocycles. The molecule has 7 heteroatoms. The average molecular weight is 286 g/mol. The summed E-state index contributed by atoms with van der Waals surface area (Å²) in [6.45, 7) is 2.66. The Labute approximate surface area is 122 Å². The Bertz CT molecular complexity index is 771. The molecule has 0 aliphatic rings. The minimum absolute atomic E-state index is 0.489. The zero-order valence-electron chi connectivity index (χ0n) is 12.4. The van der Waals surface area contributed by atoms with Crippen molar-refractivity contribution in [2.45, 2.75) is 19.9 Å². The highest BCUT2D eigenvalue weighted by Crippen LogP contribution is 2.22. The van der Waals surface area contributed by atoms with Crippen LogP contribution in [0.15, 0.2) is 18.3 Å². The lowest BCUT2D eigenvalue weighted by Crippen LogP contribution is -2.08. The van der Waals surface area contributed by atoms with Crippen LogP contribution < -0.4 is 10.5 Å². The molecule has 3 rings (SSSR count). The highest BCUT2D eigenvalue weighted by atomic mass is 16.5. The lowest BCUT2D eigenvalue weighted by molar-refractivity contribution is 0.397. The third-order valence-electron chi connectivity index (χ3n) is 3.50. The van der Waals surface area contributed by atoms with E-state index < -0.39 is 0 Å². The topological polar surface area (TPSA) is 83.8 Å². The minimum atomic E-state index is 0.489. The fraction of sp³-hybridized carbons (Fsp3) is 0.357. The molecule has 0 bridgehead atoms. The first-order valence-electron chi connectivity index (χ1n) is 6.80. The van der Waals surface area contributed by atoms with Crippen LogP contribution in [0.25, 0.3) is 11.2 Å². The van der Waals surface area contributed by atoms with Gasteiger partial charge in [-0.2, -0.15) is 5.10 Å². The molecule has 0 amide bonds. The average Bonchev–Trinajstić information content (AvgIpc) is 2.98. The quantitative estimate of drug-likeness (QED) is 0.783. The number of ether oxygens (including phenoxy) is 1. The van der Waals surface area contributed by atoms with E-state index in [1.165, 1.54) is 0 Å². The van der Waals surface area contributed by atoms with Crippen molar-refractivity contribution < 1.29 is 4.74 Å². The summed E-state index contributed by atoms with van der Waals surface area (Å²) < 4.78 is 8.84. The van der Waals surface area contributed by atoms with Gasteiger partial charge in [-0.05, 0) is 12.0 Å². The van der Waals surface area contributed by atoms with Gasteiger partial charge in [-0.25, -0.2) is 9.97 Å². The normalized spacial score (nSPS) is 11.2. The Balaban J connectivity index is 2.03. The number of anilines is 1. The number of pyridine rings is 1. The Morgan fingerprint density at radius 2 is 2.14 bits per heavy atom. The molecule has 0 aliphatic heterocycles. The third kappa shape index (κ3) is 2.20. The molecular weight excluding hydrogens is 268 g/mol. The zero-order valence-corrected chi connectivity index (χ0v) is 12.4. The number of methoxy groups -OCH3 is 1. The number of nitrogens with zero attached hydrogens (tertiary/aromatic N) is 5. The SMILES string of the molecule is CCc1nn(C)c2c1nc(N)n2Cc1ccc(OC)nc1. The molecular formula is C14H18N6O. The van der Waals surface area contributed by atoms with Crippen molar-refractivity contribution in [2.24, 2.45) is 7.05 Å². The number of nitrogen functional groups attached to an aromatic ring is 1. The van der Waals surface area contributed by atoms with E-state index in [4.69, 9.17) is 10.5 Å². The van der Waals surface area contributed by atoms with E-state index in [2.05, 4.69) is 22.0 Å². The molecule has 0 saturated heterocycles. The molecule has 21 heavy (non-hydrogen) atoms. The maximum absolute atomic E-state index is 6.06. The van der Waals surface area contributed by atoms with Crippen LogP contribution in [0.2, 0.25) is 0 Å². The van der Waals surface area contributed by atoms with Crippen LogP contribution >= 0.6 is 0 Å². The molecule has 2 N–H and O–H groups in total. The van der Waals surface area contributed by atoms with E-state index in [0.29, 0.717) is 18.4 Å². The summed E-state index contributed by atoms with van der Waals surface area (Å²) in [6, 6.07) is 3.80. The lowest BCUT2D eigenvalue weighted by atomic mass is 10.3. The molecule has 7 nitrogen and oxygen atoms in total. The summed E-state index contributed by atoms with van der Waals surface area (Å²) in [5.74, 6) is 1.08. The van der Waals surface area contributed by atoms with E-state index in [-0.39, 0.29) is 0 Å². The van der Waals surface area contributed by atoms with Gasteiger partial charge in [0.15, 0.2) is 5.65 Å². The number of imidazole rings is 1. The van der Waals surface area contributed by atoms with Gasteiger partial charge >= 0.3 is 0 Å². The molecule has 0 radical (unpaired) electrons. The zero-order chi connectivity index (χ0) is 15.0. The standard InChI is InChI=1S/C14H18N6O/c1-4-10-12-13(19(2)18-10)20(14(15)17-12)8-9-5-6-11(21-3)16-7-9/h5-7H,4,8H2,1-3H3,(H2,15,17). The van der Waals surface area contributed by atoms with E-state index in [0.717, 1.165) is 28.8 Å². The second-order valence-electron chi connectivity index (χ2n) is 4.86. The first kappa shape index (κ1) is 13.4. The predicted molar refractivity (Wildman–Crippen MR) is 80.2 cm³/mol. The Kier molecular flexibility index (Phi) is 3.25. The Hall–Kier alpha value is -2.57. The van der Waals surface area contributed by atoms with Gasteiger partial charge in [-0.1, -0.05) is 13.0 Å². The summed E-state index contributed by atoms with van der Waals surface area (Å²) in [7, 11) is 3.51. The van der Waals surface area contributed by atoms with E-state index in [1.807, 2.05) is 28.4 Å². The maximum atomic E-state index is 6.06. The maximum Gasteiger partial charge on any atom is 0.212 e. The van der Waals surface area contributed by atoms with E-state index >= 15 is 0 Å². The van der Waals surface area contributed by atoms with Gasteiger partial charge in [-0.3, -0.25) is 9.25 Å². The number of nitrogens with two attached hydrogens (primary N) is 1. The Morgan fingerprint density at radius 3 is 2.76 bits per heavy atom. The van der Waals surface area contributed by atoms with Gasteiger partial charge in [0, 0.05) is 19.3 Å². The van der Waals surface area contributed by atoms with Gasteiger partial charge in [0.25, 0.3) is 0 Å². The number of hydrogen-bond acceptors (Lipinski definition) is 5. The van der Waals surface area contributed by atoms with Gasteiger partial charge in [0.2, 0.25) is 11.8 Å². The molecule has 3 aromatic rings. The first-order chi connectivity index (χ1) is 10.1. The number of aromatic nitrogens is 5. The summed E-state index contributed by atoms with van der Waals surface area (Å²) in [4.78, 5) is 8.66. The molecule has 3 heterocycles. The van der Waals surface area contributed by atoms with Crippen LogP contribution in [0.1, 0.15) is 18.2 Å². The van der Waals surface area contributed by atoms with Gasteiger partial charge in [0.1, 0.15) is 5.52 Å². The molecule has 0 spiro atoms. The molecule has 0 fully saturated rings. The third-order valence-corrected chi connectivity index (χ3v) is 3.50. The van der Waals surface area contributed by atoms with Gasteiger partial charge in [0.05, 0.1) is 19.3 Å². The van der Waals surface area contributed by atoms with Crippen molar-refractivity contribution in [3.63, 3.8) is 0 Å². The Morgan fingerprint density at radius 1 is 1.33 bits per heavy atom. The van der Waals surface area contributed by atoms with Crippen LogP contribution in [0.5, 0.6) is 5.88 Å². The van der Waals surface area contributed by atoms with Crippen molar-refractivity contribution in [1.82, 2.24) is 24.3 Å². The van der Waals surface area contributed by atoms with Crippen molar-refractivity contribution in [1.29, 1.82) is 0 Å². The smallest absolute Gasteiger partial charge is 0.212 e.